The van der Waals surface area contributed by atoms with E-state index in [1.54, 1.807) is 0 Å². The Hall–Kier alpha value is -18.1. The lowest BCUT2D eigenvalue weighted by Crippen LogP contribution is -2.27. The van der Waals surface area contributed by atoms with Crippen molar-refractivity contribution < 1.29 is 4.74 Å². The summed E-state index contributed by atoms with van der Waals surface area (Å²) in [4.78, 5) is 10.1. The zero-order chi connectivity index (χ0) is 98.4. The molecule has 6 heterocycles. The summed E-state index contributed by atoms with van der Waals surface area (Å²) in [5.74, 6) is 1.83. The molecule has 6 unspecified atom stereocenters. The van der Waals surface area contributed by atoms with E-state index in [0.717, 1.165) is 56.9 Å². The molecular formula is C140H98N6OS2. The predicted octanol–water partition coefficient (Wildman–Crippen LogP) is 37.5. The van der Waals surface area contributed by atoms with Crippen molar-refractivity contribution in [3.63, 3.8) is 0 Å². The van der Waals surface area contributed by atoms with E-state index in [2.05, 4.69) is 587 Å². The fourth-order valence-corrected chi connectivity index (χ4v) is 26.5. The standard InChI is InChI=1S/C48H34N2S.C46H32N2O.C46H32N2S/c1-3-14-33(15-4-1)38-18-7-8-19-39(38)34-26-28-36(29-27-34)49(45-24-13-22-43-42-21-10-12-25-47(42)51-48(43)45)37-30-31-41-40-20-9-11-23-44(40)50(46(41)32-37)35-16-5-2-6-17-35;1-2-12-35(13-3-1)48-43-16-8-6-14-39(43)40-26-24-38(30-44(40)48)47(37-25-27-46-42(29-37)41-15-7-9-17-45(41)49-46)36-22-20-32(21-23-36)34-19-18-31-10-4-5-11-33(31)28-34;1-2-13-35(14-3-1)48-42-18-8-6-15-38(42)39-28-27-37(30-44(39)48)47(43-19-10-17-41-40-16-7-9-20-45(40)49-46(41)43)36-25-23-32(24-26-36)34-22-21-31-11-4-5-12-33(31)29-34/h1-32,43,48H;1-30,41,45H;1-30,41,46H. The number of para-hydroxylation sites is 6. The van der Waals surface area contributed by atoms with Crippen molar-refractivity contribution in [1.29, 1.82) is 0 Å². The van der Waals surface area contributed by atoms with Crippen LogP contribution in [0.3, 0.4) is 0 Å². The SMILES string of the molecule is C1=CC2Oc3ccc(N(c4ccc(-c5ccc6ccccc6c5)cc4)c4ccc5c6ccccc6n(-c6ccccc6)c5c4)cc3C2C=C1.C1=CC2c3ccccc3SC2C(N(c2ccc(-c3ccc4ccccc4c3)cc2)c2ccc3c4ccccc4n(-c4ccccc4)c3c2)=C1.C1=CC2c3ccccc3SC2C(N(c2ccc(-c3ccccc3-c3ccccc3)cc2)c2ccc3c4ccccc4n(-c4ccccc4)c3c2)=C1. The van der Waals surface area contributed by atoms with Gasteiger partial charge in [-0.3, -0.25) is 0 Å². The van der Waals surface area contributed by atoms with Crippen LogP contribution in [0.4, 0.5) is 39.8 Å². The molecule has 3 aromatic heterocycles. The highest BCUT2D eigenvalue weighted by Crippen LogP contribution is 2.57. The van der Waals surface area contributed by atoms with Crippen LogP contribution in [0.15, 0.2) is 579 Å². The van der Waals surface area contributed by atoms with Gasteiger partial charge in [-0.15, -0.1) is 23.5 Å². The largest absolute Gasteiger partial charge is 0.485 e. The normalized spacial score (nSPS) is 16.3. The zero-order valence-electron chi connectivity index (χ0n) is 81.5. The predicted molar refractivity (Wildman–Crippen MR) is 628 cm³/mol. The third-order valence-corrected chi connectivity index (χ3v) is 33.4. The Bertz CT molecular complexity index is 9550. The number of fused-ring (bicyclic) bond motifs is 20. The molecule has 6 aliphatic rings. The topological polar surface area (TPSA) is 33.7 Å². The van der Waals surface area contributed by atoms with Crippen LogP contribution in [0.25, 0.3) is 149 Å². The molecule has 0 bridgehead atoms. The number of rotatable bonds is 16. The summed E-state index contributed by atoms with van der Waals surface area (Å²) in [6.45, 7) is 0. The molecule has 149 heavy (non-hydrogen) atoms. The minimum absolute atomic E-state index is 0.0443. The van der Waals surface area contributed by atoms with Gasteiger partial charge in [0, 0.05) is 134 Å². The third kappa shape index (κ3) is 16.0. The van der Waals surface area contributed by atoms with Crippen molar-refractivity contribution in [3.8, 4) is 67.3 Å². The molecule has 3 aliphatic heterocycles. The first-order valence-corrected chi connectivity index (χ1v) is 53.2. The van der Waals surface area contributed by atoms with Crippen molar-refractivity contribution in [2.75, 3.05) is 14.7 Å². The van der Waals surface area contributed by atoms with Gasteiger partial charge in [0.1, 0.15) is 11.9 Å². The first kappa shape index (κ1) is 88.6. The van der Waals surface area contributed by atoms with Crippen LogP contribution in [0.1, 0.15) is 34.4 Å². The molecule has 0 saturated carbocycles. The maximum Gasteiger partial charge on any atom is 0.128 e. The van der Waals surface area contributed by atoms with Crippen LogP contribution in [0.2, 0.25) is 0 Å². The maximum atomic E-state index is 6.35. The Morgan fingerprint density at radius 3 is 0.993 bits per heavy atom. The van der Waals surface area contributed by atoms with Gasteiger partial charge in [0.2, 0.25) is 0 Å². The van der Waals surface area contributed by atoms with Gasteiger partial charge in [-0.2, -0.15) is 0 Å². The summed E-state index contributed by atoms with van der Waals surface area (Å²) in [5.41, 5.74) is 35.0. The summed E-state index contributed by atoms with van der Waals surface area (Å²) in [7, 11) is 0. The summed E-state index contributed by atoms with van der Waals surface area (Å²) in [5, 5.41) is 13.1. The van der Waals surface area contributed by atoms with E-state index in [4.69, 9.17) is 4.74 Å². The van der Waals surface area contributed by atoms with E-state index < -0.39 is 0 Å². The Labute approximate surface area is 874 Å². The number of anilines is 7. The van der Waals surface area contributed by atoms with E-state index >= 15 is 0 Å². The molecule has 0 spiro atoms. The van der Waals surface area contributed by atoms with E-state index in [0.29, 0.717) is 11.8 Å². The highest BCUT2D eigenvalue weighted by molar-refractivity contribution is 8.00. The number of aromatic nitrogens is 3. The monoisotopic (exact) mass is 1940 g/mol. The van der Waals surface area contributed by atoms with Crippen molar-refractivity contribution in [2.45, 2.75) is 44.1 Å². The van der Waals surface area contributed by atoms with Crippen LogP contribution in [-0.4, -0.2) is 30.3 Å². The van der Waals surface area contributed by atoms with E-state index in [9.17, 15) is 0 Å². The maximum absolute atomic E-state index is 6.35. The molecular weight excluding hydrogens is 1850 g/mol. The number of allylic oxidation sites excluding steroid dienone is 8. The van der Waals surface area contributed by atoms with Gasteiger partial charge >= 0.3 is 0 Å². The van der Waals surface area contributed by atoms with Gasteiger partial charge in [0.15, 0.2) is 0 Å². The van der Waals surface area contributed by atoms with Gasteiger partial charge in [-0.1, -0.05) is 370 Å². The fraction of sp³-hybridized carbons (Fsp3) is 0.0429. The highest BCUT2D eigenvalue weighted by atomic mass is 32.2. The second-order valence-corrected chi connectivity index (χ2v) is 41.5. The Kier molecular flexibility index (Phi) is 22.5. The van der Waals surface area contributed by atoms with Crippen molar-refractivity contribution in [3.05, 3.63) is 586 Å². The average molecular weight is 1940 g/mol. The first-order valence-electron chi connectivity index (χ1n) is 51.4. The molecule has 0 saturated heterocycles. The molecule has 30 rings (SSSR count). The lowest BCUT2D eigenvalue weighted by molar-refractivity contribution is 0.269. The highest BCUT2D eigenvalue weighted by Gasteiger charge is 2.41. The van der Waals surface area contributed by atoms with Crippen LogP contribution < -0.4 is 19.4 Å². The van der Waals surface area contributed by atoms with Gasteiger partial charge in [0.25, 0.3) is 0 Å². The molecule has 0 radical (unpaired) electrons. The number of nitrogens with zero attached hydrogens (tertiary/aromatic N) is 6. The second kappa shape index (κ2) is 37.8. The van der Waals surface area contributed by atoms with Crippen molar-refractivity contribution in [1.82, 2.24) is 13.7 Å². The molecule has 0 N–H and O–H groups in total. The molecule has 0 fully saturated rings. The number of ether oxygens (including phenoxy) is 1. The van der Waals surface area contributed by atoms with Crippen molar-refractivity contribution >= 4 is 150 Å². The van der Waals surface area contributed by atoms with Crippen LogP contribution >= 0.6 is 23.5 Å². The molecule has 24 aromatic rings. The molecule has 21 aromatic carbocycles. The Balaban J connectivity index is 0.000000108. The molecule has 6 atom stereocenters. The van der Waals surface area contributed by atoms with E-state index in [1.165, 1.54) is 175 Å². The molecule has 706 valence electrons. The Morgan fingerprint density at radius 2 is 0.537 bits per heavy atom. The first-order chi connectivity index (χ1) is 73.9. The molecule has 0 amide bonds. The molecule has 3 aliphatic carbocycles. The number of hydrogen-bond donors (Lipinski definition) is 0. The molecule has 7 nitrogen and oxygen atoms in total. The average Bonchev–Trinajstić information content (AvgIpc) is 1.83. The van der Waals surface area contributed by atoms with Crippen LogP contribution in [-0.2, 0) is 0 Å². The van der Waals surface area contributed by atoms with Crippen LogP contribution in [0, 0.1) is 0 Å². The Morgan fingerprint density at radius 1 is 0.208 bits per heavy atom. The van der Waals surface area contributed by atoms with Gasteiger partial charge in [-0.05, 0) is 265 Å². The summed E-state index contributed by atoms with van der Waals surface area (Å²) in [6.07, 6.45) is 22.6. The summed E-state index contributed by atoms with van der Waals surface area (Å²) in [6, 6.07) is 181. The second-order valence-electron chi connectivity index (χ2n) is 39.1. The minimum atomic E-state index is 0.0443. The lowest BCUT2D eigenvalue weighted by Gasteiger charge is -2.34. The quantitative estimate of drug-likeness (QED) is 0.0959. The third-order valence-electron chi connectivity index (χ3n) is 30.6. The number of benzene rings is 21. The van der Waals surface area contributed by atoms with Gasteiger partial charge < -0.3 is 33.1 Å². The van der Waals surface area contributed by atoms with E-state index in [1.807, 2.05) is 23.5 Å². The minimum Gasteiger partial charge on any atom is -0.485 e. The van der Waals surface area contributed by atoms with Crippen LogP contribution in [0.5, 0.6) is 5.75 Å². The zero-order valence-corrected chi connectivity index (χ0v) is 83.1. The van der Waals surface area contributed by atoms with Crippen molar-refractivity contribution in [2.24, 2.45) is 0 Å². The summed E-state index contributed by atoms with van der Waals surface area (Å²) < 4.78 is 13.6. The van der Waals surface area contributed by atoms with Gasteiger partial charge in [-0.25, -0.2) is 0 Å². The smallest absolute Gasteiger partial charge is 0.128 e. The summed E-state index contributed by atoms with van der Waals surface area (Å²) >= 11 is 3.97. The molecule has 9 heteroatoms. The van der Waals surface area contributed by atoms with E-state index in [-0.39, 0.29) is 22.5 Å². The fourth-order valence-electron chi connectivity index (χ4n) is 23.6. The lowest BCUT2D eigenvalue weighted by atomic mass is 9.89. The number of hydrogen-bond acceptors (Lipinski definition) is 6. The number of thioether (sulfide) groups is 2. The van der Waals surface area contributed by atoms with Gasteiger partial charge in [0.05, 0.1) is 43.6 Å².